The Morgan fingerprint density at radius 3 is 2.72 bits per heavy atom. The molecule has 0 aliphatic carbocycles. The van der Waals surface area contributed by atoms with Crippen LogP contribution in [-0.4, -0.2) is 28.5 Å². The summed E-state index contributed by atoms with van der Waals surface area (Å²) in [5.41, 5.74) is -0.0257. The van der Waals surface area contributed by atoms with Gasteiger partial charge in [0.1, 0.15) is 6.54 Å². The van der Waals surface area contributed by atoms with E-state index in [0.29, 0.717) is 6.54 Å². The number of carbonyl (C=O) groups is 1. The molecule has 0 unspecified atom stereocenters. The number of likely N-dealkylation sites (tertiary alicyclic amines) is 1. The molecule has 1 aliphatic rings. The Morgan fingerprint density at radius 1 is 1.28 bits per heavy atom. The van der Waals surface area contributed by atoms with E-state index in [9.17, 15) is 9.59 Å². The first kappa shape index (κ1) is 12.9. The van der Waals surface area contributed by atoms with Crippen molar-refractivity contribution in [1.82, 2.24) is 9.47 Å². The summed E-state index contributed by atoms with van der Waals surface area (Å²) in [6.07, 6.45) is 6.73. The molecule has 1 aromatic rings. The monoisotopic (exact) mass is 248 g/mol. The molecule has 18 heavy (non-hydrogen) atoms. The molecule has 0 radical (unpaired) electrons. The van der Waals surface area contributed by atoms with Gasteiger partial charge in [-0.3, -0.25) is 9.59 Å². The fraction of sp³-hybridized carbons (Fsp3) is 0.571. The average molecular weight is 248 g/mol. The van der Waals surface area contributed by atoms with Gasteiger partial charge < -0.3 is 9.47 Å². The van der Waals surface area contributed by atoms with Crippen molar-refractivity contribution in [1.29, 1.82) is 0 Å². The second-order valence-electron chi connectivity index (χ2n) is 5.12. The van der Waals surface area contributed by atoms with Gasteiger partial charge in [0.15, 0.2) is 5.43 Å². The van der Waals surface area contributed by atoms with Gasteiger partial charge in [0.05, 0.1) is 0 Å². The summed E-state index contributed by atoms with van der Waals surface area (Å²) < 4.78 is 1.76. The molecule has 0 aromatic carbocycles. The average Bonchev–Trinajstić information content (AvgIpc) is 2.57. The summed E-state index contributed by atoms with van der Waals surface area (Å²) in [6, 6.07) is 2.97. The van der Waals surface area contributed by atoms with Crippen molar-refractivity contribution >= 4 is 5.91 Å². The molecule has 4 heteroatoms. The molecule has 2 rings (SSSR count). The number of hydrogen-bond donors (Lipinski definition) is 0. The zero-order valence-corrected chi connectivity index (χ0v) is 10.8. The normalized spacial score (nSPS) is 20.5. The van der Waals surface area contributed by atoms with Crippen LogP contribution in [0.1, 0.15) is 26.2 Å². The number of nitrogens with zero attached hydrogens (tertiary/aromatic N) is 2. The lowest BCUT2D eigenvalue weighted by atomic mass is 10.0. The van der Waals surface area contributed by atoms with Crippen molar-refractivity contribution < 1.29 is 4.79 Å². The lowest BCUT2D eigenvalue weighted by Gasteiger charge is -2.21. The second-order valence-corrected chi connectivity index (χ2v) is 5.12. The summed E-state index contributed by atoms with van der Waals surface area (Å²) in [6.45, 7) is 4.30. The maximum absolute atomic E-state index is 12.1. The smallest absolute Gasteiger partial charge is 0.242 e. The van der Waals surface area contributed by atoms with Crippen molar-refractivity contribution in [3.8, 4) is 0 Å². The van der Waals surface area contributed by atoms with E-state index in [0.717, 1.165) is 31.8 Å². The molecule has 2 heterocycles. The Kier molecular flexibility index (Phi) is 4.18. The van der Waals surface area contributed by atoms with Crippen LogP contribution in [0.5, 0.6) is 0 Å². The highest BCUT2D eigenvalue weighted by molar-refractivity contribution is 5.76. The van der Waals surface area contributed by atoms with Gasteiger partial charge in [0.2, 0.25) is 5.91 Å². The van der Waals surface area contributed by atoms with Crippen LogP contribution in [-0.2, 0) is 11.3 Å². The van der Waals surface area contributed by atoms with E-state index in [1.165, 1.54) is 18.6 Å². The molecular weight excluding hydrogens is 228 g/mol. The first-order chi connectivity index (χ1) is 8.65. The van der Waals surface area contributed by atoms with Crippen molar-refractivity contribution in [2.45, 2.75) is 32.7 Å². The summed E-state index contributed by atoms with van der Waals surface area (Å²) in [5, 5.41) is 0. The third kappa shape index (κ3) is 3.45. The van der Waals surface area contributed by atoms with Crippen LogP contribution in [0.4, 0.5) is 0 Å². The lowest BCUT2D eigenvalue weighted by molar-refractivity contribution is -0.131. The maximum atomic E-state index is 12.1. The second kappa shape index (κ2) is 5.85. The van der Waals surface area contributed by atoms with E-state index >= 15 is 0 Å². The van der Waals surface area contributed by atoms with Crippen molar-refractivity contribution in [2.75, 3.05) is 13.1 Å². The van der Waals surface area contributed by atoms with E-state index < -0.39 is 0 Å². The van der Waals surface area contributed by atoms with Gasteiger partial charge in [-0.1, -0.05) is 6.92 Å². The molecule has 1 aliphatic heterocycles. The predicted octanol–water partition coefficient (Wildman–Crippen LogP) is 1.50. The van der Waals surface area contributed by atoms with Gasteiger partial charge in [0.25, 0.3) is 0 Å². The van der Waals surface area contributed by atoms with Crippen LogP contribution >= 0.6 is 0 Å². The number of rotatable bonds is 2. The van der Waals surface area contributed by atoms with E-state index in [-0.39, 0.29) is 11.3 Å². The van der Waals surface area contributed by atoms with Crippen LogP contribution in [0, 0.1) is 5.92 Å². The number of aromatic nitrogens is 1. The molecule has 0 spiro atoms. The molecule has 1 fully saturated rings. The Morgan fingerprint density at radius 2 is 2.00 bits per heavy atom. The highest BCUT2D eigenvalue weighted by Crippen LogP contribution is 2.16. The minimum absolute atomic E-state index is 0.0257. The van der Waals surface area contributed by atoms with E-state index in [1.54, 1.807) is 17.0 Å². The molecule has 4 nitrogen and oxygen atoms in total. The molecule has 1 aromatic heterocycles. The van der Waals surface area contributed by atoms with Gasteiger partial charge in [-0.2, -0.15) is 0 Å². The predicted molar refractivity (Wildman–Crippen MR) is 70.3 cm³/mol. The van der Waals surface area contributed by atoms with Gasteiger partial charge in [-0.25, -0.2) is 0 Å². The lowest BCUT2D eigenvalue weighted by Crippen LogP contribution is -2.34. The number of amides is 1. The number of pyridine rings is 1. The van der Waals surface area contributed by atoms with Crippen LogP contribution in [0.15, 0.2) is 29.3 Å². The van der Waals surface area contributed by atoms with Gasteiger partial charge >= 0.3 is 0 Å². The summed E-state index contributed by atoms with van der Waals surface area (Å²) >= 11 is 0. The Balaban J connectivity index is 1.94. The molecule has 98 valence electrons. The molecule has 0 bridgehead atoms. The van der Waals surface area contributed by atoms with Crippen LogP contribution in [0.3, 0.4) is 0 Å². The molecule has 1 amide bonds. The third-order valence-corrected chi connectivity index (χ3v) is 3.55. The minimum atomic E-state index is -0.0257. The fourth-order valence-electron chi connectivity index (χ4n) is 2.32. The molecule has 1 atom stereocenters. The van der Waals surface area contributed by atoms with Crippen LogP contribution in [0.2, 0.25) is 0 Å². The van der Waals surface area contributed by atoms with Gasteiger partial charge in [-0.05, 0) is 25.2 Å². The summed E-state index contributed by atoms with van der Waals surface area (Å²) in [5.74, 6) is 0.864. The van der Waals surface area contributed by atoms with Gasteiger partial charge in [-0.15, -0.1) is 0 Å². The topological polar surface area (TPSA) is 42.3 Å². The van der Waals surface area contributed by atoms with Crippen LogP contribution < -0.4 is 5.43 Å². The SMILES string of the molecule is C[C@@H]1CCCN(C(=O)Cn2ccc(=O)cc2)CC1. The Labute approximate surface area is 107 Å². The van der Waals surface area contributed by atoms with Crippen molar-refractivity contribution in [3.63, 3.8) is 0 Å². The zero-order chi connectivity index (χ0) is 13.0. The van der Waals surface area contributed by atoms with E-state index in [4.69, 9.17) is 0 Å². The van der Waals surface area contributed by atoms with E-state index in [2.05, 4.69) is 6.92 Å². The standard InChI is InChI=1S/C14H20N2O2/c1-12-3-2-7-16(10-4-12)14(18)11-15-8-5-13(17)6-9-15/h5-6,8-9,12H,2-4,7,10-11H2,1H3/t12-/m1/s1. The van der Waals surface area contributed by atoms with Crippen molar-refractivity contribution in [2.24, 2.45) is 5.92 Å². The Hall–Kier alpha value is -1.58. The summed E-state index contributed by atoms with van der Waals surface area (Å²) in [4.78, 5) is 25.1. The van der Waals surface area contributed by atoms with E-state index in [1.807, 2.05) is 4.90 Å². The first-order valence-corrected chi connectivity index (χ1v) is 6.59. The highest BCUT2D eigenvalue weighted by Gasteiger charge is 2.18. The zero-order valence-electron chi connectivity index (χ0n) is 10.8. The van der Waals surface area contributed by atoms with Crippen molar-refractivity contribution in [3.05, 3.63) is 34.7 Å². The molecule has 0 saturated carbocycles. The molecule has 0 N–H and O–H groups in total. The minimum Gasteiger partial charge on any atom is -0.345 e. The summed E-state index contributed by atoms with van der Waals surface area (Å²) in [7, 11) is 0. The molecular formula is C14H20N2O2. The Bertz CT molecular complexity index is 447. The molecule has 1 saturated heterocycles. The first-order valence-electron chi connectivity index (χ1n) is 6.59. The van der Waals surface area contributed by atoms with Gasteiger partial charge in [0, 0.05) is 37.6 Å². The number of hydrogen-bond acceptors (Lipinski definition) is 2. The fourth-order valence-corrected chi connectivity index (χ4v) is 2.32. The quantitative estimate of drug-likeness (QED) is 0.796. The maximum Gasteiger partial charge on any atom is 0.242 e. The highest BCUT2D eigenvalue weighted by atomic mass is 16.2. The largest absolute Gasteiger partial charge is 0.345 e. The number of carbonyl (C=O) groups excluding carboxylic acids is 1. The third-order valence-electron chi connectivity index (χ3n) is 3.55. The van der Waals surface area contributed by atoms with Crippen LogP contribution in [0.25, 0.3) is 0 Å².